The number of nitrogens with two attached hydrogens (primary N) is 1. The lowest BCUT2D eigenvalue weighted by atomic mass is 10.2. The molecular weight excluding hydrogens is 346 g/mol. The molecule has 0 spiro atoms. The van der Waals surface area contributed by atoms with Crippen molar-refractivity contribution < 1.29 is 4.79 Å². The fraction of sp³-hybridized carbons (Fsp3) is 0.105. The normalized spacial score (nSPS) is 12.3. The Balaban J connectivity index is 1.86. The number of hydrogen-bond donors (Lipinski definition) is 2. The lowest BCUT2D eigenvalue weighted by molar-refractivity contribution is -0.117. The molecule has 2 aromatic carbocycles. The molecule has 7 heteroatoms. The molecule has 2 aromatic heterocycles. The molecule has 1 unspecified atom stereocenters. The van der Waals surface area contributed by atoms with E-state index in [0.29, 0.717) is 11.0 Å². The minimum absolute atomic E-state index is 0.384. The standard InChI is InChI=1S/C19H17N5OS/c1-12(17(20)25)26-19-23-22-18(24(19)14-8-3-2-4-9-14)16-11-13-7-5-6-10-15(13)21-16/h2-12,21H,1H3,(H2,20,25). The molecule has 0 saturated heterocycles. The van der Waals surface area contributed by atoms with E-state index in [1.165, 1.54) is 11.8 Å². The van der Waals surface area contributed by atoms with Crippen molar-refractivity contribution in [3.8, 4) is 17.2 Å². The number of primary amides is 1. The Morgan fingerprint density at radius 1 is 1.12 bits per heavy atom. The lowest BCUT2D eigenvalue weighted by Crippen LogP contribution is -2.23. The molecule has 4 aromatic rings. The third-order valence-corrected chi connectivity index (χ3v) is 5.16. The highest BCUT2D eigenvalue weighted by molar-refractivity contribution is 8.00. The van der Waals surface area contributed by atoms with Gasteiger partial charge in [-0.3, -0.25) is 9.36 Å². The van der Waals surface area contributed by atoms with Crippen molar-refractivity contribution >= 4 is 28.6 Å². The number of H-pyrrole nitrogens is 1. The number of thioether (sulfide) groups is 1. The topological polar surface area (TPSA) is 89.6 Å². The molecular formula is C19H17N5OS. The van der Waals surface area contributed by atoms with Crippen LogP contribution in [0.25, 0.3) is 28.1 Å². The number of amides is 1. The Hall–Kier alpha value is -3.06. The molecule has 130 valence electrons. The van der Waals surface area contributed by atoms with Gasteiger partial charge in [0.15, 0.2) is 11.0 Å². The molecule has 0 radical (unpaired) electrons. The number of fused-ring (bicyclic) bond motifs is 1. The van der Waals surface area contributed by atoms with E-state index in [-0.39, 0.29) is 5.91 Å². The third-order valence-electron chi connectivity index (χ3n) is 4.10. The Labute approximate surface area is 154 Å². The van der Waals surface area contributed by atoms with Crippen LogP contribution in [0, 0.1) is 0 Å². The van der Waals surface area contributed by atoms with Crippen LogP contribution in [-0.2, 0) is 4.79 Å². The first kappa shape index (κ1) is 16.4. The smallest absolute Gasteiger partial charge is 0.230 e. The number of benzene rings is 2. The maximum Gasteiger partial charge on any atom is 0.230 e. The van der Waals surface area contributed by atoms with Gasteiger partial charge in [0.05, 0.1) is 10.9 Å². The highest BCUT2D eigenvalue weighted by Gasteiger charge is 2.21. The molecule has 0 aliphatic rings. The van der Waals surface area contributed by atoms with Gasteiger partial charge < -0.3 is 10.7 Å². The molecule has 0 fully saturated rings. The number of carbonyl (C=O) groups is 1. The summed E-state index contributed by atoms with van der Waals surface area (Å²) in [6, 6.07) is 19.9. The zero-order chi connectivity index (χ0) is 18.1. The summed E-state index contributed by atoms with van der Waals surface area (Å²) < 4.78 is 1.94. The molecule has 0 saturated carbocycles. The van der Waals surface area contributed by atoms with Crippen LogP contribution in [-0.4, -0.2) is 30.9 Å². The van der Waals surface area contributed by atoms with Crippen molar-refractivity contribution in [2.75, 3.05) is 0 Å². The Morgan fingerprint density at radius 3 is 2.58 bits per heavy atom. The molecule has 2 heterocycles. The second kappa shape index (κ2) is 6.68. The number of hydrogen-bond acceptors (Lipinski definition) is 4. The summed E-state index contributed by atoms with van der Waals surface area (Å²) in [6.07, 6.45) is 0. The van der Waals surface area contributed by atoms with Gasteiger partial charge >= 0.3 is 0 Å². The van der Waals surface area contributed by atoms with E-state index in [0.717, 1.165) is 22.3 Å². The number of carbonyl (C=O) groups excluding carboxylic acids is 1. The van der Waals surface area contributed by atoms with E-state index in [2.05, 4.69) is 15.2 Å². The average Bonchev–Trinajstić information content (AvgIpc) is 3.26. The summed E-state index contributed by atoms with van der Waals surface area (Å²) in [4.78, 5) is 14.9. The van der Waals surface area contributed by atoms with Crippen LogP contribution >= 0.6 is 11.8 Å². The highest BCUT2D eigenvalue weighted by atomic mass is 32.2. The van der Waals surface area contributed by atoms with Gasteiger partial charge in [-0.1, -0.05) is 48.2 Å². The van der Waals surface area contributed by atoms with Crippen molar-refractivity contribution in [1.29, 1.82) is 0 Å². The second-order valence-corrected chi connectivity index (χ2v) is 7.22. The van der Waals surface area contributed by atoms with Crippen LogP contribution in [0.5, 0.6) is 0 Å². The summed E-state index contributed by atoms with van der Waals surface area (Å²) in [6.45, 7) is 1.76. The first-order chi connectivity index (χ1) is 12.6. The van der Waals surface area contributed by atoms with Gasteiger partial charge in [0.2, 0.25) is 5.91 Å². The fourth-order valence-electron chi connectivity index (χ4n) is 2.74. The number of para-hydroxylation sites is 2. The molecule has 1 atom stereocenters. The van der Waals surface area contributed by atoms with Crippen LogP contribution in [0.1, 0.15) is 6.92 Å². The lowest BCUT2D eigenvalue weighted by Gasteiger charge is -2.11. The van der Waals surface area contributed by atoms with Crippen molar-refractivity contribution in [2.45, 2.75) is 17.3 Å². The number of aromatic amines is 1. The van der Waals surface area contributed by atoms with E-state index in [4.69, 9.17) is 5.73 Å². The van der Waals surface area contributed by atoms with Crippen molar-refractivity contribution in [3.63, 3.8) is 0 Å². The Kier molecular flexibility index (Phi) is 4.22. The zero-order valence-electron chi connectivity index (χ0n) is 14.1. The van der Waals surface area contributed by atoms with E-state index < -0.39 is 5.25 Å². The summed E-state index contributed by atoms with van der Waals surface area (Å²) >= 11 is 1.30. The van der Waals surface area contributed by atoms with Crippen LogP contribution in [0.3, 0.4) is 0 Å². The predicted molar refractivity (Wildman–Crippen MR) is 103 cm³/mol. The minimum atomic E-state index is -0.405. The van der Waals surface area contributed by atoms with E-state index in [1.807, 2.05) is 65.2 Å². The van der Waals surface area contributed by atoms with Gasteiger partial charge in [-0.15, -0.1) is 10.2 Å². The van der Waals surface area contributed by atoms with Gasteiger partial charge in [-0.25, -0.2) is 0 Å². The Bertz CT molecular complexity index is 1040. The number of nitrogens with one attached hydrogen (secondary N) is 1. The van der Waals surface area contributed by atoms with Gasteiger partial charge in [-0.2, -0.15) is 0 Å². The van der Waals surface area contributed by atoms with Gasteiger partial charge in [0.25, 0.3) is 0 Å². The van der Waals surface area contributed by atoms with Crippen LogP contribution in [0.2, 0.25) is 0 Å². The Morgan fingerprint density at radius 2 is 1.85 bits per heavy atom. The van der Waals surface area contributed by atoms with Crippen LogP contribution in [0.4, 0.5) is 0 Å². The van der Waals surface area contributed by atoms with E-state index in [1.54, 1.807) is 6.92 Å². The molecule has 0 aliphatic carbocycles. The quantitative estimate of drug-likeness (QED) is 0.532. The average molecular weight is 363 g/mol. The van der Waals surface area contributed by atoms with Crippen molar-refractivity contribution in [2.24, 2.45) is 5.73 Å². The maximum absolute atomic E-state index is 11.5. The first-order valence-corrected chi connectivity index (χ1v) is 9.06. The summed E-state index contributed by atoms with van der Waals surface area (Å²) in [5, 5.41) is 10.0. The predicted octanol–water partition coefficient (Wildman–Crippen LogP) is 3.38. The summed E-state index contributed by atoms with van der Waals surface area (Å²) in [5.74, 6) is 0.302. The van der Waals surface area contributed by atoms with Crippen molar-refractivity contribution in [3.05, 3.63) is 60.7 Å². The number of nitrogens with zero attached hydrogens (tertiary/aromatic N) is 3. The molecule has 6 nitrogen and oxygen atoms in total. The molecule has 0 aliphatic heterocycles. The molecule has 1 amide bonds. The fourth-order valence-corrected chi connectivity index (χ4v) is 3.56. The van der Waals surface area contributed by atoms with E-state index >= 15 is 0 Å². The van der Waals surface area contributed by atoms with Gasteiger partial charge in [0.1, 0.15) is 0 Å². The second-order valence-electron chi connectivity index (χ2n) is 5.91. The van der Waals surface area contributed by atoms with Gasteiger partial charge in [0, 0.05) is 16.6 Å². The highest BCUT2D eigenvalue weighted by Crippen LogP contribution is 2.31. The molecule has 4 rings (SSSR count). The van der Waals surface area contributed by atoms with Crippen LogP contribution in [0.15, 0.2) is 65.8 Å². The first-order valence-electron chi connectivity index (χ1n) is 8.18. The maximum atomic E-state index is 11.5. The number of rotatable bonds is 5. The molecule has 26 heavy (non-hydrogen) atoms. The zero-order valence-corrected chi connectivity index (χ0v) is 14.9. The molecule has 0 bridgehead atoms. The van der Waals surface area contributed by atoms with Crippen molar-refractivity contribution in [1.82, 2.24) is 19.7 Å². The minimum Gasteiger partial charge on any atom is -0.369 e. The number of aromatic nitrogens is 4. The summed E-state index contributed by atoms with van der Waals surface area (Å²) in [7, 11) is 0. The monoisotopic (exact) mass is 363 g/mol. The van der Waals surface area contributed by atoms with Gasteiger partial charge in [-0.05, 0) is 31.2 Å². The largest absolute Gasteiger partial charge is 0.369 e. The van der Waals surface area contributed by atoms with E-state index in [9.17, 15) is 4.79 Å². The molecule has 3 N–H and O–H groups in total. The van der Waals surface area contributed by atoms with Crippen LogP contribution < -0.4 is 5.73 Å². The summed E-state index contributed by atoms with van der Waals surface area (Å²) in [5.41, 5.74) is 8.23. The third kappa shape index (κ3) is 2.97. The SMILES string of the molecule is CC(Sc1nnc(-c2cc3ccccc3[nH]2)n1-c1ccccc1)C(N)=O.